The highest BCUT2D eigenvalue weighted by Crippen LogP contribution is 2.42. The third-order valence-corrected chi connectivity index (χ3v) is 7.92. The normalized spacial score (nSPS) is 11.9. The van der Waals surface area contributed by atoms with Gasteiger partial charge in [-0.1, -0.05) is 58.9 Å². The molecule has 2 aromatic carbocycles. The number of hydrogen-bond donors (Lipinski definition) is 2. The van der Waals surface area contributed by atoms with Crippen LogP contribution < -0.4 is 10.1 Å². The number of thiophene rings is 1. The third-order valence-electron chi connectivity index (χ3n) is 6.83. The van der Waals surface area contributed by atoms with Gasteiger partial charge in [0, 0.05) is 15.5 Å². The lowest BCUT2D eigenvalue weighted by Gasteiger charge is -2.34. The van der Waals surface area contributed by atoms with Gasteiger partial charge in [0.05, 0.1) is 4.88 Å². The smallest absolute Gasteiger partial charge is 0.322 e. The minimum atomic E-state index is -1.07. The molecule has 0 aliphatic rings. The van der Waals surface area contributed by atoms with Gasteiger partial charge in [0.25, 0.3) is 5.91 Å². The topological polar surface area (TPSA) is 92.7 Å². The SMILES string of the molecule is CCC(CC)(c1ccc(OCC(=O)C(C)(C)C)c(C)c1)c1ccc2cc(C(=O)NCC(=O)O)sc2c1. The van der Waals surface area contributed by atoms with Crippen molar-refractivity contribution in [3.05, 3.63) is 64.0 Å². The molecular weight excluding hydrogens is 474 g/mol. The maximum atomic E-state index is 12.4. The van der Waals surface area contributed by atoms with E-state index in [4.69, 9.17) is 9.84 Å². The fourth-order valence-electron chi connectivity index (χ4n) is 4.39. The molecule has 7 heteroatoms. The first-order valence-corrected chi connectivity index (χ1v) is 13.0. The number of ether oxygens (including phenoxy) is 1. The molecule has 2 N–H and O–H groups in total. The summed E-state index contributed by atoms with van der Waals surface area (Å²) in [6, 6.07) is 14.3. The molecular formula is C29H35NO5S. The number of aliphatic carboxylic acids is 1. The summed E-state index contributed by atoms with van der Waals surface area (Å²) < 4.78 is 6.84. The molecule has 0 unspecified atom stereocenters. The van der Waals surface area contributed by atoms with Gasteiger partial charge in [0.2, 0.25) is 0 Å². The molecule has 0 fully saturated rings. The standard InChI is InChI=1S/C29H35NO5S/c1-7-29(8-2,20-11-12-22(18(3)13-20)35-17-25(31)28(4,5)6)21-10-9-19-14-24(36-23(19)15-21)27(34)30-16-26(32)33/h9-15H,7-8,16-17H2,1-6H3,(H,30,34)(H,32,33). The van der Waals surface area contributed by atoms with Crippen LogP contribution in [0.2, 0.25) is 0 Å². The second-order valence-electron chi connectivity index (χ2n) is 10.2. The Labute approximate surface area is 216 Å². The molecule has 3 aromatic rings. The summed E-state index contributed by atoms with van der Waals surface area (Å²) in [5.41, 5.74) is 2.65. The average Bonchev–Trinajstić information content (AvgIpc) is 3.26. The minimum Gasteiger partial charge on any atom is -0.486 e. The Morgan fingerprint density at radius 1 is 0.972 bits per heavy atom. The van der Waals surface area contributed by atoms with Crippen LogP contribution in [0.15, 0.2) is 42.5 Å². The lowest BCUT2D eigenvalue weighted by molar-refractivity contribution is -0.135. The Hall–Kier alpha value is -3.19. The number of carboxylic acids is 1. The summed E-state index contributed by atoms with van der Waals surface area (Å²) in [4.78, 5) is 35.9. The molecule has 192 valence electrons. The van der Waals surface area contributed by atoms with E-state index in [0.29, 0.717) is 10.6 Å². The van der Waals surface area contributed by atoms with Crippen molar-refractivity contribution in [3.63, 3.8) is 0 Å². The second-order valence-corrected chi connectivity index (χ2v) is 11.3. The lowest BCUT2D eigenvalue weighted by Crippen LogP contribution is -2.28. The van der Waals surface area contributed by atoms with Crippen molar-refractivity contribution in [1.29, 1.82) is 0 Å². The van der Waals surface area contributed by atoms with Crippen LogP contribution in [0.3, 0.4) is 0 Å². The fraction of sp³-hybridized carbons (Fsp3) is 0.414. The Morgan fingerprint density at radius 3 is 2.19 bits per heavy atom. The van der Waals surface area contributed by atoms with Crippen molar-refractivity contribution in [2.75, 3.05) is 13.2 Å². The number of Topliss-reactive ketones (excluding diaryl/α,β-unsaturated/α-hetero) is 1. The van der Waals surface area contributed by atoms with Gasteiger partial charge in [-0.05, 0) is 60.0 Å². The van der Waals surface area contributed by atoms with E-state index in [-0.39, 0.29) is 23.7 Å². The quantitative estimate of drug-likeness (QED) is 0.343. The molecule has 6 nitrogen and oxygen atoms in total. The van der Waals surface area contributed by atoms with Gasteiger partial charge in [-0.3, -0.25) is 14.4 Å². The molecule has 0 saturated heterocycles. The summed E-state index contributed by atoms with van der Waals surface area (Å²) in [6.07, 6.45) is 1.77. The summed E-state index contributed by atoms with van der Waals surface area (Å²) in [5, 5.41) is 12.2. The first-order chi connectivity index (χ1) is 16.9. The van der Waals surface area contributed by atoms with Crippen LogP contribution in [0, 0.1) is 12.3 Å². The third kappa shape index (κ3) is 5.78. The van der Waals surface area contributed by atoms with Crippen molar-refractivity contribution in [2.24, 2.45) is 5.41 Å². The van der Waals surface area contributed by atoms with Crippen molar-refractivity contribution in [1.82, 2.24) is 5.32 Å². The fourth-order valence-corrected chi connectivity index (χ4v) is 5.40. The number of carbonyl (C=O) groups excluding carboxylic acids is 2. The number of amides is 1. The molecule has 1 aromatic heterocycles. The minimum absolute atomic E-state index is 0.0494. The van der Waals surface area contributed by atoms with Crippen LogP contribution in [0.4, 0.5) is 0 Å². The van der Waals surface area contributed by atoms with E-state index >= 15 is 0 Å². The Balaban J connectivity index is 1.92. The molecule has 0 aliphatic carbocycles. The molecule has 1 heterocycles. The molecule has 0 saturated carbocycles. The molecule has 0 radical (unpaired) electrons. The van der Waals surface area contributed by atoms with Gasteiger partial charge in [-0.25, -0.2) is 0 Å². The zero-order valence-electron chi connectivity index (χ0n) is 21.9. The van der Waals surface area contributed by atoms with E-state index < -0.39 is 17.9 Å². The highest BCUT2D eigenvalue weighted by molar-refractivity contribution is 7.20. The molecule has 0 spiro atoms. The maximum absolute atomic E-state index is 12.4. The number of nitrogens with one attached hydrogen (secondary N) is 1. The zero-order chi connectivity index (χ0) is 26.7. The van der Waals surface area contributed by atoms with E-state index in [1.165, 1.54) is 16.9 Å². The van der Waals surface area contributed by atoms with Gasteiger partial charge < -0.3 is 15.2 Å². The van der Waals surface area contributed by atoms with Crippen molar-refractivity contribution in [2.45, 2.75) is 59.8 Å². The highest BCUT2D eigenvalue weighted by Gasteiger charge is 2.32. The van der Waals surface area contributed by atoms with E-state index in [9.17, 15) is 14.4 Å². The van der Waals surface area contributed by atoms with Crippen molar-refractivity contribution in [3.8, 4) is 5.75 Å². The zero-order valence-corrected chi connectivity index (χ0v) is 22.7. The molecule has 3 rings (SSSR count). The monoisotopic (exact) mass is 509 g/mol. The summed E-state index contributed by atoms with van der Waals surface area (Å²) in [7, 11) is 0. The Morgan fingerprint density at radius 2 is 1.61 bits per heavy atom. The predicted molar refractivity (Wildman–Crippen MR) is 144 cm³/mol. The summed E-state index contributed by atoms with van der Waals surface area (Å²) in [6.45, 7) is 11.7. The Bertz CT molecular complexity index is 1280. The first-order valence-electron chi connectivity index (χ1n) is 12.2. The first kappa shape index (κ1) is 27.4. The summed E-state index contributed by atoms with van der Waals surface area (Å²) >= 11 is 1.36. The average molecular weight is 510 g/mol. The van der Waals surface area contributed by atoms with Crippen molar-refractivity contribution < 1.29 is 24.2 Å². The number of aryl methyl sites for hydroxylation is 1. The molecule has 0 bridgehead atoms. The number of ketones is 1. The van der Waals surface area contributed by atoms with E-state index in [0.717, 1.165) is 34.1 Å². The summed E-state index contributed by atoms with van der Waals surface area (Å²) in [5.74, 6) is -0.686. The largest absolute Gasteiger partial charge is 0.486 e. The van der Waals surface area contributed by atoms with Crippen LogP contribution in [0.5, 0.6) is 5.75 Å². The van der Waals surface area contributed by atoms with Crippen LogP contribution in [-0.4, -0.2) is 35.9 Å². The van der Waals surface area contributed by atoms with Crippen LogP contribution in [-0.2, 0) is 15.0 Å². The van der Waals surface area contributed by atoms with Crippen LogP contribution in [0.1, 0.15) is 73.8 Å². The van der Waals surface area contributed by atoms with Gasteiger partial charge >= 0.3 is 5.97 Å². The number of benzene rings is 2. The highest BCUT2D eigenvalue weighted by atomic mass is 32.1. The van der Waals surface area contributed by atoms with Gasteiger partial charge in [0.15, 0.2) is 5.78 Å². The number of carboxylic acid groups (broad SMARTS) is 1. The molecule has 36 heavy (non-hydrogen) atoms. The maximum Gasteiger partial charge on any atom is 0.322 e. The van der Waals surface area contributed by atoms with E-state index in [1.807, 2.05) is 39.8 Å². The number of carbonyl (C=O) groups is 3. The molecule has 0 aliphatic heterocycles. The second kappa shape index (κ2) is 10.8. The predicted octanol–water partition coefficient (Wildman–Crippen LogP) is 6.12. The lowest BCUT2D eigenvalue weighted by atomic mass is 9.70. The molecule has 1 amide bonds. The van der Waals surface area contributed by atoms with Crippen molar-refractivity contribution >= 4 is 39.1 Å². The van der Waals surface area contributed by atoms with Gasteiger partial charge in [-0.15, -0.1) is 11.3 Å². The van der Waals surface area contributed by atoms with Crippen LogP contribution in [0.25, 0.3) is 10.1 Å². The van der Waals surface area contributed by atoms with Crippen LogP contribution >= 0.6 is 11.3 Å². The van der Waals surface area contributed by atoms with Gasteiger partial charge in [-0.2, -0.15) is 0 Å². The number of hydrogen-bond acceptors (Lipinski definition) is 5. The van der Waals surface area contributed by atoms with Gasteiger partial charge in [0.1, 0.15) is 18.9 Å². The van der Waals surface area contributed by atoms with E-state index in [1.54, 1.807) is 6.07 Å². The Kier molecular flexibility index (Phi) is 8.24. The van der Waals surface area contributed by atoms with E-state index in [2.05, 4.69) is 43.4 Å². The molecule has 0 atom stereocenters. The number of rotatable bonds is 10. The number of fused-ring (bicyclic) bond motifs is 1.